The molecule has 0 amide bonds. The van der Waals surface area contributed by atoms with Gasteiger partial charge in [0.2, 0.25) is 5.95 Å². The quantitative estimate of drug-likeness (QED) is 0.438. The lowest BCUT2D eigenvalue weighted by Gasteiger charge is -2.29. The van der Waals surface area contributed by atoms with Crippen LogP contribution in [0.2, 0.25) is 0 Å². The van der Waals surface area contributed by atoms with E-state index in [1.165, 1.54) is 19.3 Å². The maximum Gasteiger partial charge on any atom is 0.229 e. The number of ketones is 1. The summed E-state index contributed by atoms with van der Waals surface area (Å²) >= 11 is 1.59. The number of carbonyl (C=O) groups excluding carboxylic acids is 1. The second-order valence-corrected chi connectivity index (χ2v) is 8.66. The van der Waals surface area contributed by atoms with Crippen molar-refractivity contribution in [3.8, 4) is 5.75 Å². The summed E-state index contributed by atoms with van der Waals surface area (Å²) in [5.41, 5.74) is 1.38. The summed E-state index contributed by atoms with van der Waals surface area (Å²) in [6.45, 7) is 3.56. The van der Waals surface area contributed by atoms with E-state index in [-0.39, 0.29) is 11.5 Å². The van der Waals surface area contributed by atoms with Crippen molar-refractivity contribution in [2.45, 2.75) is 38.1 Å². The number of aromatic nitrogens is 2. The predicted molar refractivity (Wildman–Crippen MR) is 123 cm³/mol. The first kappa shape index (κ1) is 21.2. The van der Waals surface area contributed by atoms with Crippen LogP contribution in [0.25, 0.3) is 10.2 Å². The minimum atomic E-state index is -0.450. The molecule has 0 radical (unpaired) electrons. The maximum atomic E-state index is 14.0. The van der Waals surface area contributed by atoms with Gasteiger partial charge in [-0.1, -0.05) is 6.58 Å². The molecule has 8 heteroatoms. The number of rotatable bonds is 8. The second-order valence-electron chi connectivity index (χ2n) is 7.74. The molecule has 2 N–H and O–H groups in total. The van der Waals surface area contributed by atoms with E-state index in [9.17, 15) is 9.18 Å². The van der Waals surface area contributed by atoms with Crippen molar-refractivity contribution >= 4 is 44.8 Å². The molecular weight excluding hydrogens is 415 g/mol. The zero-order valence-corrected chi connectivity index (χ0v) is 18.2. The Hall–Kier alpha value is -3.00. The molecule has 4 rings (SSSR count). The fraction of sp³-hybridized carbons (Fsp3) is 0.348. The minimum Gasteiger partial charge on any atom is -0.494 e. The number of hydrogen-bond donors (Lipinski definition) is 2. The van der Waals surface area contributed by atoms with Crippen molar-refractivity contribution in [1.82, 2.24) is 9.97 Å². The van der Waals surface area contributed by atoms with Gasteiger partial charge in [0.15, 0.2) is 17.3 Å². The Balaban J connectivity index is 1.48. The summed E-state index contributed by atoms with van der Waals surface area (Å²) in [5, 5.41) is 8.65. The molecule has 0 bridgehead atoms. The number of nitrogens with one attached hydrogen (secondary N) is 2. The standard InChI is InChI=1S/C23H25FN4O2S/c1-3-17(29)12-14-4-6-15(7-5-14)25-22-21-19(10-11-31-21)27-23(28-22)26-16-8-9-20(30-2)18(24)13-16/h3,8-11,13-15H,1,4-7,12H2,2H3,(H2,25,26,27,28). The normalized spacial score (nSPS) is 18.5. The van der Waals surface area contributed by atoms with Crippen LogP contribution in [0.15, 0.2) is 42.3 Å². The average molecular weight is 441 g/mol. The smallest absolute Gasteiger partial charge is 0.229 e. The van der Waals surface area contributed by atoms with Crippen LogP contribution in [0.4, 0.5) is 21.8 Å². The van der Waals surface area contributed by atoms with Crippen LogP contribution in [0.3, 0.4) is 0 Å². The van der Waals surface area contributed by atoms with Crippen molar-refractivity contribution in [2.24, 2.45) is 5.92 Å². The van der Waals surface area contributed by atoms with Gasteiger partial charge in [0.25, 0.3) is 0 Å². The maximum absolute atomic E-state index is 14.0. The van der Waals surface area contributed by atoms with Crippen LogP contribution in [0.1, 0.15) is 32.1 Å². The lowest BCUT2D eigenvalue weighted by molar-refractivity contribution is -0.115. The van der Waals surface area contributed by atoms with Gasteiger partial charge in [-0.05, 0) is 61.3 Å². The third-order valence-corrected chi connectivity index (χ3v) is 6.53. The molecule has 1 fully saturated rings. The number of ether oxygens (including phenoxy) is 1. The van der Waals surface area contributed by atoms with E-state index in [0.717, 1.165) is 41.7 Å². The Morgan fingerprint density at radius 2 is 2.10 bits per heavy atom. The van der Waals surface area contributed by atoms with Crippen molar-refractivity contribution in [1.29, 1.82) is 0 Å². The lowest BCUT2D eigenvalue weighted by atomic mass is 9.83. The molecule has 6 nitrogen and oxygen atoms in total. The minimum absolute atomic E-state index is 0.123. The number of nitrogens with zero attached hydrogens (tertiary/aromatic N) is 2. The average Bonchev–Trinajstić information content (AvgIpc) is 3.24. The van der Waals surface area contributed by atoms with Crippen molar-refractivity contribution in [3.05, 3.63) is 48.1 Å². The van der Waals surface area contributed by atoms with Gasteiger partial charge in [-0.2, -0.15) is 4.98 Å². The summed E-state index contributed by atoms with van der Waals surface area (Å²) in [4.78, 5) is 20.9. The summed E-state index contributed by atoms with van der Waals surface area (Å²) in [6, 6.07) is 6.89. The number of thiophene rings is 1. The van der Waals surface area contributed by atoms with Gasteiger partial charge >= 0.3 is 0 Å². The number of halogens is 1. The lowest BCUT2D eigenvalue weighted by Crippen LogP contribution is -2.27. The third-order valence-electron chi connectivity index (χ3n) is 5.62. The number of fused-ring (bicyclic) bond motifs is 1. The Kier molecular flexibility index (Phi) is 6.46. The van der Waals surface area contributed by atoms with Gasteiger partial charge < -0.3 is 15.4 Å². The Morgan fingerprint density at radius 3 is 2.81 bits per heavy atom. The fourth-order valence-corrected chi connectivity index (χ4v) is 4.75. The van der Waals surface area contributed by atoms with Gasteiger partial charge in [0, 0.05) is 24.2 Å². The van der Waals surface area contributed by atoms with E-state index in [1.54, 1.807) is 23.5 Å². The van der Waals surface area contributed by atoms with Crippen molar-refractivity contribution < 1.29 is 13.9 Å². The first-order valence-corrected chi connectivity index (χ1v) is 11.2. The van der Waals surface area contributed by atoms with Gasteiger partial charge in [-0.15, -0.1) is 11.3 Å². The Morgan fingerprint density at radius 1 is 1.29 bits per heavy atom. The van der Waals surface area contributed by atoms with Gasteiger partial charge in [0.1, 0.15) is 5.82 Å². The molecular formula is C23H25FN4O2S. The third kappa shape index (κ3) is 5.02. The molecule has 1 saturated carbocycles. The van der Waals surface area contributed by atoms with E-state index in [4.69, 9.17) is 4.74 Å². The van der Waals surface area contributed by atoms with Crippen LogP contribution >= 0.6 is 11.3 Å². The first-order chi connectivity index (χ1) is 15.1. The number of hydrogen-bond acceptors (Lipinski definition) is 7. The van der Waals surface area contributed by atoms with E-state index in [0.29, 0.717) is 30.0 Å². The van der Waals surface area contributed by atoms with Crippen LogP contribution in [0, 0.1) is 11.7 Å². The Labute approximate surface area is 184 Å². The molecule has 1 aliphatic rings. The second kappa shape index (κ2) is 9.43. The molecule has 1 aliphatic carbocycles. The highest BCUT2D eigenvalue weighted by atomic mass is 32.1. The fourth-order valence-electron chi connectivity index (χ4n) is 3.96. The van der Waals surface area contributed by atoms with Crippen LogP contribution < -0.4 is 15.4 Å². The van der Waals surface area contributed by atoms with E-state index in [2.05, 4.69) is 27.2 Å². The molecule has 2 aromatic heterocycles. The van der Waals surface area contributed by atoms with Gasteiger partial charge in [-0.25, -0.2) is 9.37 Å². The molecule has 0 aliphatic heterocycles. The highest BCUT2D eigenvalue weighted by Crippen LogP contribution is 2.33. The molecule has 0 unspecified atom stereocenters. The van der Waals surface area contributed by atoms with Crippen molar-refractivity contribution in [2.75, 3.05) is 17.7 Å². The predicted octanol–water partition coefficient (Wildman–Crippen LogP) is 5.70. The molecule has 2 heterocycles. The van der Waals surface area contributed by atoms with Crippen LogP contribution in [-0.4, -0.2) is 28.9 Å². The highest BCUT2D eigenvalue weighted by Gasteiger charge is 2.23. The SMILES string of the molecule is C=CC(=O)CC1CCC(Nc2nc(Nc3ccc(OC)c(F)c3)nc3ccsc23)CC1. The van der Waals surface area contributed by atoms with Gasteiger partial charge in [0.05, 0.1) is 17.3 Å². The number of anilines is 3. The van der Waals surface area contributed by atoms with E-state index in [1.807, 2.05) is 11.4 Å². The summed E-state index contributed by atoms with van der Waals surface area (Å²) in [6.07, 6.45) is 5.99. The van der Waals surface area contributed by atoms with E-state index >= 15 is 0 Å². The summed E-state index contributed by atoms with van der Waals surface area (Å²) in [7, 11) is 1.43. The topological polar surface area (TPSA) is 76.1 Å². The zero-order valence-electron chi connectivity index (χ0n) is 17.4. The first-order valence-electron chi connectivity index (χ1n) is 10.3. The molecule has 1 aromatic carbocycles. The summed E-state index contributed by atoms with van der Waals surface area (Å²) < 4.78 is 20.0. The largest absolute Gasteiger partial charge is 0.494 e. The van der Waals surface area contributed by atoms with Crippen LogP contribution in [-0.2, 0) is 4.79 Å². The number of benzene rings is 1. The molecule has 0 spiro atoms. The molecule has 0 atom stereocenters. The Bertz CT molecular complexity index is 1090. The highest BCUT2D eigenvalue weighted by molar-refractivity contribution is 7.17. The molecule has 162 valence electrons. The zero-order chi connectivity index (χ0) is 21.8. The number of allylic oxidation sites excluding steroid dienone is 1. The van der Waals surface area contributed by atoms with Gasteiger partial charge in [-0.3, -0.25) is 4.79 Å². The molecule has 3 aromatic rings. The van der Waals surface area contributed by atoms with Crippen LogP contribution in [0.5, 0.6) is 5.75 Å². The number of methoxy groups -OCH3 is 1. The molecule has 31 heavy (non-hydrogen) atoms. The number of carbonyl (C=O) groups is 1. The molecule has 0 saturated heterocycles. The van der Waals surface area contributed by atoms with Crippen molar-refractivity contribution in [3.63, 3.8) is 0 Å². The monoisotopic (exact) mass is 440 g/mol. The summed E-state index contributed by atoms with van der Waals surface area (Å²) in [5.74, 6) is 1.48. The van der Waals surface area contributed by atoms with E-state index < -0.39 is 5.82 Å².